The van der Waals surface area contributed by atoms with E-state index in [-0.39, 0.29) is 0 Å². The molecule has 8 nitrogen and oxygen atoms in total. The third kappa shape index (κ3) is 6.15. The predicted molar refractivity (Wildman–Crippen MR) is 88.0 cm³/mol. The van der Waals surface area contributed by atoms with Crippen molar-refractivity contribution in [3.8, 4) is 0 Å². The van der Waals surface area contributed by atoms with Gasteiger partial charge in [0.25, 0.3) is 0 Å². The van der Waals surface area contributed by atoms with E-state index in [4.69, 9.17) is 4.74 Å². The number of guanidine groups is 1. The first-order chi connectivity index (χ1) is 11.1. The molecular weight excluding hydrogens is 296 g/mol. The third-order valence-electron chi connectivity index (χ3n) is 3.69. The van der Waals surface area contributed by atoms with Crippen molar-refractivity contribution in [1.29, 1.82) is 0 Å². The molecular formula is C15H28N6O2. The topological polar surface area (TPSA) is 87.8 Å². The number of nitrogens with zero attached hydrogens (tertiary/aromatic N) is 5. The molecule has 1 atom stereocenters. The maximum Gasteiger partial charge on any atom is 0.194 e. The maximum absolute atomic E-state index is 9.98. The quantitative estimate of drug-likeness (QED) is 0.491. The van der Waals surface area contributed by atoms with Gasteiger partial charge in [-0.15, -0.1) is 0 Å². The highest BCUT2D eigenvalue weighted by Crippen LogP contribution is 2.28. The summed E-state index contributed by atoms with van der Waals surface area (Å²) in [6, 6.07) is 0. The smallest absolute Gasteiger partial charge is 0.194 e. The largest absolute Gasteiger partial charge is 0.389 e. The fourth-order valence-corrected chi connectivity index (χ4v) is 2.12. The summed E-state index contributed by atoms with van der Waals surface area (Å²) in [5.41, 5.74) is 0. The number of rotatable bonds is 9. The Labute approximate surface area is 137 Å². The zero-order chi connectivity index (χ0) is 16.7. The molecule has 0 amide bonds. The molecule has 1 unspecified atom stereocenters. The van der Waals surface area contributed by atoms with Crippen molar-refractivity contribution in [3.05, 3.63) is 12.2 Å². The highest BCUT2D eigenvalue weighted by atomic mass is 16.5. The Morgan fingerprint density at radius 1 is 1.61 bits per heavy atom. The van der Waals surface area contributed by atoms with Gasteiger partial charge in [-0.1, -0.05) is 0 Å². The van der Waals surface area contributed by atoms with Gasteiger partial charge in [0.05, 0.1) is 25.8 Å². The Kier molecular flexibility index (Phi) is 6.79. The van der Waals surface area contributed by atoms with E-state index in [2.05, 4.69) is 20.4 Å². The molecule has 2 rings (SSSR count). The number of aromatic nitrogens is 3. The number of aliphatic hydroxyl groups is 1. The normalized spacial score (nSPS) is 16.4. The van der Waals surface area contributed by atoms with Gasteiger partial charge in [-0.25, -0.2) is 4.98 Å². The van der Waals surface area contributed by atoms with E-state index in [0.717, 1.165) is 24.9 Å². The van der Waals surface area contributed by atoms with E-state index in [9.17, 15) is 5.11 Å². The molecule has 0 aromatic carbocycles. The minimum atomic E-state index is -0.578. The van der Waals surface area contributed by atoms with E-state index in [0.29, 0.717) is 25.6 Å². The number of aliphatic imine (C=N–C) groups is 1. The van der Waals surface area contributed by atoms with Crippen molar-refractivity contribution in [3.63, 3.8) is 0 Å². The lowest BCUT2D eigenvalue weighted by molar-refractivity contribution is 0.0367. The molecule has 8 heteroatoms. The Morgan fingerprint density at radius 2 is 2.39 bits per heavy atom. The van der Waals surface area contributed by atoms with E-state index >= 15 is 0 Å². The lowest BCUT2D eigenvalue weighted by Gasteiger charge is -2.22. The zero-order valence-corrected chi connectivity index (χ0v) is 14.3. The van der Waals surface area contributed by atoms with Crippen LogP contribution in [0.3, 0.4) is 0 Å². The first-order valence-corrected chi connectivity index (χ1v) is 8.18. The van der Waals surface area contributed by atoms with Gasteiger partial charge in [0.2, 0.25) is 0 Å². The van der Waals surface area contributed by atoms with Crippen molar-refractivity contribution in [1.82, 2.24) is 25.0 Å². The van der Waals surface area contributed by atoms with Crippen LogP contribution in [-0.4, -0.2) is 70.2 Å². The molecule has 1 heterocycles. The van der Waals surface area contributed by atoms with Crippen LogP contribution in [0.5, 0.6) is 0 Å². The number of ether oxygens (including phenoxy) is 1. The minimum Gasteiger partial charge on any atom is -0.389 e. The van der Waals surface area contributed by atoms with Crippen LogP contribution in [0.15, 0.2) is 11.3 Å². The Morgan fingerprint density at radius 3 is 3.00 bits per heavy atom. The minimum absolute atomic E-state index is 0.316. The van der Waals surface area contributed by atoms with Crippen LogP contribution in [0.4, 0.5) is 0 Å². The standard InChI is InChI=1S/C15H28N6O2/c1-4-16-15(20(2)8-14-18-11-19-21(14)3)17-7-13(22)10-23-9-12-5-6-12/h11-13,22H,4-10H2,1-3H3,(H,16,17). The van der Waals surface area contributed by atoms with Crippen LogP contribution >= 0.6 is 0 Å². The number of aliphatic hydroxyl groups excluding tert-OH is 1. The van der Waals surface area contributed by atoms with Gasteiger partial charge in [0.15, 0.2) is 5.96 Å². The fraction of sp³-hybridized carbons (Fsp3) is 0.800. The van der Waals surface area contributed by atoms with Gasteiger partial charge >= 0.3 is 0 Å². The highest BCUT2D eigenvalue weighted by Gasteiger charge is 2.21. The Balaban J connectivity index is 1.81. The highest BCUT2D eigenvalue weighted by molar-refractivity contribution is 5.79. The summed E-state index contributed by atoms with van der Waals surface area (Å²) in [4.78, 5) is 10.7. The first kappa shape index (κ1) is 17.7. The van der Waals surface area contributed by atoms with E-state index in [1.807, 2.05) is 25.9 Å². The molecule has 0 radical (unpaired) electrons. The van der Waals surface area contributed by atoms with Gasteiger partial charge in [-0.2, -0.15) is 5.10 Å². The molecule has 0 spiro atoms. The van der Waals surface area contributed by atoms with Crippen molar-refractivity contribution in [2.45, 2.75) is 32.4 Å². The summed E-state index contributed by atoms with van der Waals surface area (Å²) in [7, 11) is 3.80. The van der Waals surface area contributed by atoms with Crippen LogP contribution in [0, 0.1) is 5.92 Å². The average molecular weight is 324 g/mol. The number of hydrogen-bond acceptors (Lipinski definition) is 5. The van der Waals surface area contributed by atoms with Crippen LogP contribution in [0.1, 0.15) is 25.6 Å². The predicted octanol–water partition coefficient (Wildman–Crippen LogP) is -0.0001000. The summed E-state index contributed by atoms with van der Waals surface area (Å²) < 4.78 is 7.23. The van der Waals surface area contributed by atoms with Crippen molar-refractivity contribution in [2.24, 2.45) is 18.0 Å². The molecule has 0 saturated heterocycles. The number of nitrogens with one attached hydrogen (secondary N) is 1. The molecule has 0 aliphatic heterocycles. The first-order valence-electron chi connectivity index (χ1n) is 8.18. The van der Waals surface area contributed by atoms with Crippen LogP contribution < -0.4 is 5.32 Å². The second kappa shape index (κ2) is 8.83. The fourth-order valence-electron chi connectivity index (χ4n) is 2.12. The van der Waals surface area contributed by atoms with Gasteiger partial charge in [0.1, 0.15) is 12.2 Å². The number of hydrogen-bond donors (Lipinski definition) is 2. The SMILES string of the molecule is CCNC(=NCC(O)COCC1CC1)N(C)Cc1ncnn1C. The molecule has 2 N–H and O–H groups in total. The molecule has 23 heavy (non-hydrogen) atoms. The van der Waals surface area contributed by atoms with Crippen LogP contribution in [0.25, 0.3) is 0 Å². The molecule has 1 saturated carbocycles. The van der Waals surface area contributed by atoms with Gasteiger partial charge < -0.3 is 20.1 Å². The van der Waals surface area contributed by atoms with Crippen LogP contribution in [-0.2, 0) is 18.3 Å². The molecule has 1 fully saturated rings. The van der Waals surface area contributed by atoms with Crippen molar-refractivity contribution >= 4 is 5.96 Å². The molecule has 0 bridgehead atoms. The van der Waals surface area contributed by atoms with E-state index in [1.165, 1.54) is 19.2 Å². The zero-order valence-electron chi connectivity index (χ0n) is 14.3. The molecule has 130 valence electrons. The summed E-state index contributed by atoms with van der Waals surface area (Å²) in [5, 5.41) is 17.3. The second-order valence-corrected chi connectivity index (χ2v) is 5.99. The lowest BCUT2D eigenvalue weighted by atomic mass is 10.4. The molecule has 1 aliphatic carbocycles. The third-order valence-corrected chi connectivity index (χ3v) is 3.69. The van der Waals surface area contributed by atoms with Gasteiger partial charge in [0, 0.05) is 27.2 Å². The summed E-state index contributed by atoms with van der Waals surface area (Å²) >= 11 is 0. The average Bonchev–Trinajstić information content (AvgIpc) is 3.26. The maximum atomic E-state index is 9.98. The summed E-state index contributed by atoms with van der Waals surface area (Å²) in [6.07, 6.45) is 3.47. The molecule has 1 aromatic heterocycles. The molecule has 1 aromatic rings. The Hall–Kier alpha value is -1.67. The summed E-state index contributed by atoms with van der Waals surface area (Å²) in [5.74, 6) is 2.30. The lowest BCUT2D eigenvalue weighted by Crippen LogP contribution is -2.39. The second-order valence-electron chi connectivity index (χ2n) is 5.99. The Bertz CT molecular complexity index is 500. The monoisotopic (exact) mass is 324 g/mol. The summed E-state index contributed by atoms with van der Waals surface area (Å²) in [6.45, 7) is 4.78. The van der Waals surface area contributed by atoms with E-state index in [1.54, 1.807) is 4.68 Å². The van der Waals surface area contributed by atoms with Crippen LogP contribution in [0.2, 0.25) is 0 Å². The van der Waals surface area contributed by atoms with Crippen molar-refractivity contribution < 1.29 is 9.84 Å². The van der Waals surface area contributed by atoms with E-state index < -0.39 is 6.10 Å². The van der Waals surface area contributed by atoms with Gasteiger partial charge in [-0.05, 0) is 25.7 Å². The van der Waals surface area contributed by atoms with Gasteiger partial charge in [-0.3, -0.25) is 9.67 Å². The van der Waals surface area contributed by atoms with Crippen molar-refractivity contribution in [2.75, 3.05) is 33.4 Å². The number of aryl methyl sites for hydroxylation is 1. The molecule has 1 aliphatic rings.